The van der Waals surface area contributed by atoms with Crippen LogP contribution in [-0.2, 0) is 0 Å². The van der Waals surface area contributed by atoms with Crippen molar-refractivity contribution in [1.82, 2.24) is 0 Å². The molecule has 0 saturated heterocycles. The van der Waals surface area contributed by atoms with Crippen molar-refractivity contribution >= 4 is 6.29 Å². The second-order valence-corrected chi connectivity index (χ2v) is 1.97. The van der Waals surface area contributed by atoms with Crippen LogP contribution in [0.3, 0.4) is 0 Å². The zero-order valence-electron chi connectivity index (χ0n) is 6.95. The van der Waals surface area contributed by atoms with Crippen LogP contribution in [0.15, 0.2) is 24.3 Å². The van der Waals surface area contributed by atoms with Crippen molar-refractivity contribution in [2.24, 2.45) is 11.7 Å². The number of nitrogens with two attached hydrogens (primary N) is 2. The Morgan fingerprint density at radius 3 is 2.08 bits per heavy atom. The van der Waals surface area contributed by atoms with Crippen LogP contribution in [0.5, 0.6) is 0 Å². The topological polar surface area (TPSA) is 101 Å². The van der Waals surface area contributed by atoms with E-state index in [0.717, 1.165) is 17.4 Å². The van der Waals surface area contributed by atoms with Crippen molar-refractivity contribution in [3.8, 4) is 0 Å². The van der Waals surface area contributed by atoms with E-state index in [2.05, 4.69) is 11.7 Å². The summed E-state index contributed by atoms with van der Waals surface area (Å²) in [6, 6.07) is 7.51. The largest absolute Gasteiger partial charge is 0.412 e. The van der Waals surface area contributed by atoms with Gasteiger partial charge in [-0.25, -0.2) is 0 Å². The lowest BCUT2D eigenvalue weighted by Gasteiger charge is -1.92. The van der Waals surface area contributed by atoms with E-state index >= 15 is 0 Å². The number of rotatable bonds is 1. The third-order valence-electron chi connectivity index (χ3n) is 1.32. The van der Waals surface area contributed by atoms with Crippen molar-refractivity contribution in [1.29, 1.82) is 0 Å². The number of carbonyl (C=O) groups excluding carboxylic acids is 1. The number of hydrogen-bond acceptors (Lipinski definition) is 3. The molecule has 12 heavy (non-hydrogen) atoms. The number of hydrazine groups is 1. The number of hydrogen-bond donors (Lipinski definition) is 2. The molecule has 0 aliphatic rings. The highest BCUT2D eigenvalue weighted by atomic mass is 16.1. The van der Waals surface area contributed by atoms with Crippen LogP contribution in [0, 0.1) is 6.92 Å². The Labute approximate surface area is 71.5 Å². The van der Waals surface area contributed by atoms with Crippen LogP contribution in [0.2, 0.25) is 0 Å². The minimum absolute atomic E-state index is 0. The average Bonchev–Trinajstić information content (AvgIpc) is 2.09. The van der Waals surface area contributed by atoms with Crippen molar-refractivity contribution in [2.45, 2.75) is 6.92 Å². The molecule has 0 atom stereocenters. The van der Waals surface area contributed by atoms with Crippen LogP contribution in [0.25, 0.3) is 0 Å². The molecule has 0 saturated carbocycles. The van der Waals surface area contributed by atoms with Gasteiger partial charge in [-0.05, 0) is 12.5 Å². The van der Waals surface area contributed by atoms with E-state index in [1.165, 1.54) is 0 Å². The van der Waals surface area contributed by atoms with Crippen LogP contribution < -0.4 is 11.7 Å². The van der Waals surface area contributed by atoms with E-state index in [4.69, 9.17) is 0 Å². The Hall–Kier alpha value is -1.23. The molecule has 0 radical (unpaired) electrons. The van der Waals surface area contributed by atoms with Crippen molar-refractivity contribution in [3.63, 3.8) is 0 Å². The molecule has 0 aliphatic heterocycles. The summed E-state index contributed by atoms with van der Waals surface area (Å²) >= 11 is 0. The molecule has 1 aromatic carbocycles. The Balaban J connectivity index is 0. The molecule has 0 unspecified atom stereocenters. The van der Waals surface area contributed by atoms with Gasteiger partial charge in [-0.2, -0.15) is 0 Å². The van der Waals surface area contributed by atoms with Crippen molar-refractivity contribution < 1.29 is 10.3 Å². The minimum Gasteiger partial charge on any atom is -0.412 e. The Bertz CT molecular complexity index is 226. The highest BCUT2D eigenvalue weighted by molar-refractivity contribution is 5.76. The van der Waals surface area contributed by atoms with Gasteiger partial charge in [0.1, 0.15) is 6.29 Å². The molecule has 0 amide bonds. The summed E-state index contributed by atoms with van der Waals surface area (Å²) in [5.41, 5.74) is 1.81. The maximum atomic E-state index is 10.2. The fourth-order valence-electron chi connectivity index (χ4n) is 0.719. The normalized spacial score (nSPS) is 7.25. The summed E-state index contributed by atoms with van der Waals surface area (Å²) in [4.78, 5) is 10.2. The molecular formula is C8H14N2O2. The first-order valence-electron chi connectivity index (χ1n) is 3.19. The third-order valence-corrected chi connectivity index (χ3v) is 1.32. The Morgan fingerprint density at radius 2 is 1.75 bits per heavy atom. The molecule has 0 aliphatic carbocycles. The van der Waals surface area contributed by atoms with Gasteiger partial charge in [0.15, 0.2) is 0 Å². The Kier molecular flexibility index (Phi) is 8.77. The molecule has 1 aromatic rings. The lowest BCUT2D eigenvalue weighted by atomic mass is 10.1. The highest BCUT2D eigenvalue weighted by Crippen LogP contribution is 2.02. The van der Waals surface area contributed by atoms with Gasteiger partial charge in [-0.3, -0.25) is 16.5 Å². The number of benzene rings is 1. The van der Waals surface area contributed by atoms with Crippen molar-refractivity contribution in [2.75, 3.05) is 0 Å². The molecule has 6 N–H and O–H groups in total. The van der Waals surface area contributed by atoms with Gasteiger partial charge in [0.2, 0.25) is 0 Å². The number of aryl methyl sites for hydroxylation is 1. The maximum Gasteiger partial charge on any atom is 0.150 e. The molecule has 1 rings (SSSR count). The summed E-state index contributed by atoms with van der Waals surface area (Å²) < 4.78 is 0. The smallest absolute Gasteiger partial charge is 0.150 e. The van der Waals surface area contributed by atoms with Crippen molar-refractivity contribution in [3.05, 3.63) is 35.4 Å². The SMILES string of the molecule is Cc1ccccc1C=O.NN.O. The van der Waals surface area contributed by atoms with Gasteiger partial charge in [-0.15, -0.1) is 0 Å². The molecule has 68 valence electrons. The summed E-state index contributed by atoms with van der Waals surface area (Å²) in [6.07, 6.45) is 0.870. The summed E-state index contributed by atoms with van der Waals surface area (Å²) in [5, 5.41) is 0. The average molecular weight is 170 g/mol. The summed E-state index contributed by atoms with van der Waals surface area (Å²) in [7, 11) is 0. The standard InChI is InChI=1S/C8H8O.H4N2.H2O/c1-7-4-2-3-5-8(7)6-9;1-2;/h2-6H,1H3;1-2H2;1H2. The van der Waals surface area contributed by atoms with E-state index in [1.807, 2.05) is 31.2 Å². The first-order chi connectivity index (χ1) is 5.34. The van der Waals surface area contributed by atoms with Gasteiger partial charge in [0, 0.05) is 5.56 Å². The molecule has 0 bridgehead atoms. The van der Waals surface area contributed by atoms with Gasteiger partial charge < -0.3 is 5.48 Å². The highest BCUT2D eigenvalue weighted by Gasteiger charge is 1.90. The van der Waals surface area contributed by atoms with Crippen LogP contribution in [0.1, 0.15) is 15.9 Å². The second kappa shape index (κ2) is 7.87. The predicted molar refractivity (Wildman–Crippen MR) is 48.6 cm³/mol. The first kappa shape index (κ1) is 13.4. The fourth-order valence-corrected chi connectivity index (χ4v) is 0.719. The minimum atomic E-state index is 0. The van der Waals surface area contributed by atoms with E-state index < -0.39 is 0 Å². The fraction of sp³-hybridized carbons (Fsp3) is 0.125. The van der Waals surface area contributed by atoms with Gasteiger partial charge in [-0.1, -0.05) is 24.3 Å². The third kappa shape index (κ3) is 3.82. The number of carbonyl (C=O) groups is 1. The maximum absolute atomic E-state index is 10.2. The van der Waals surface area contributed by atoms with Gasteiger partial charge in [0.05, 0.1) is 0 Å². The lowest BCUT2D eigenvalue weighted by Crippen LogP contribution is -2.02. The van der Waals surface area contributed by atoms with E-state index in [-0.39, 0.29) is 5.48 Å². The summed E-state index contributed by atoms with van der Waals surface area (Å²) in [5.74, 6) is 8.00. The molecular weight excluding hydrogens is 156 g/mol. The first-order valence-corrected chi connectivity index (χ1v) is 3.19. The van der Waals surface area contributed by atoms with Gasteiger partial charge in [0.25, 0.3) is 0 Å². The molecule has 0 fully saturated rings. The van der Waals surface area contributed by atoms with Gasteiger partial charge >= 0.3 is 0 Å². The molecule has 0 spiro atoms. The Morgan fingerprint density at radius 1 is 1.25 bits per heavy atom. The van der Waals surface area contributed by atoms with E-state index in [0.29, 0.717) is 0 Å². The lowest BCUT2D eigenvalue weighted by molar-refractivity contribution is 0.112. The zero-order valence-corrected chi connectivity index (χ0v) is 6.95. The quantitative estimate of drug-likeness (QED) is 0.346. The molecule has 0 aromatic heterocycles. The molecule has 4 nitrogen and oxygen atoms in total. The molecule has 4 heteroatoms. The number of aldehydes is 1. The van der Waals surface area contributed by atoms with Crippen LogP contribution in [0.4, 0.5) is 0 Å². The summed E-state index contributed by atoms with van der Waals surface area (Å²) in [6.45, 7) is 1.92. The van der Waals surface area contributed by atoms with E-state index in [1.54, 1.807) is 0 Å². The van der Waals surface area contributed by atoms with E-state index in [9.17, 15) is 4.79 Å². The van der Waals surface area contributed by atoms with Crippen LogP contribution in [-0.4, -0.2) is 11.8 Å². The second-order valence-electron chi connectivity index (χ2n) is 1.97. The zero-order chi connectivity index (χ0) is 8.69. The molecule has 0 heterocycles. The predicted octanol–water partition coefficient (Wildman–Crippen LogP) is -0.198. The van der Waals surface area contributed by atoms with Crippen LogP contribution >= 0.6 is 0 Å². The monoisotopic (exact) mass is 170 g/mol.